The molecule has 0 spiro atoms. The lowest BCUT2D eigenvalue weighted by Crippen LogP contribution is -2.17. The van der Waals surface area contributed by atoms with E-state index in [0.717, 1.165) is 45.1 Å². The summed E-state index contributed by atoms with van der Waals surface area (Å²) in [5.74, 6) is 0. The molecule has 0 saturated heterocycles. The monoisotopic (exact) mass is 414 g/mol. The van der Waals surface area contributed by atoms with Gasteiger partial charge in [0, 0.05) is 35.4 Å². The molecule has 0 saturated carbocycles. The molecular formula is C28H22N4. The van der Waals surface area contributed by atoms with Gasteiger partial charge in [0.15, 0.2) is 0 Å². The van der Waals surface area contributed by atoms with Gasteiger partial charge >= 0.3 is 0 Å². The van der Waals surface area contributed by atoms with Gasteiger partial charge in [-0.15, -0.1) is 0 Å². The zero-order valence-electron chi connectivity index (χ0n) is 17.4. The third-order valence-electron chi connectivity index (χ3n) is 5.25. The summed E-state index contributed by atoms with van der Waals surface area (Å²) in [5, 5.41) is 6.83. The van der Waals surface area contributed by atoms with Crippen molar-refractivity contribution in [1.29, 1.82) is 0 Å². The summed E-state index contributed by atoms with van der Waals surface area (Å²) < 4.78 is 0. The van der Waals surface area contributed by atoms with Crippen molar-refractivity contribution in [2.45, 2.75) is 0 Å². The first-order chi connectivity index (χ1) is 15.9. The van der Waals surface area contributed by atoms with Crippen molar-refractivity contribution < 1.29 is 0 Å². The van der Waals surface area contributed by atoms with Crippen LogP contribution in [0.15, 0.2) is 138 Å². The van der Waals surface area contributed by atoms with Gasteiger partial charge in [0.2, 0.25) is 0 Å². The molecule has 1 aromatic heterocycles. The van der Waals surface area contributed by atoms with Crippen LogP contribution < -0.4 is 10.6 Å². The van der Waals surface area contributed by atoms with Crippen LogP contribution in [0.2, 0.25) is 0 Å². The first kappa shape index (κ1) is 19.5. The fourth-order valence-electron chi connectivity index (χ4n) is 3.78. The maximum Gasteiger partial charge on any atom is 0.0889 e. The number of hydrogen-bond acceptors (Lipinski definition) is 4. The van der Waals surface area contributed by atoms with Crippen molar-refractivity contribution in [2.75, 3.05) is 0 Å². The van der Waals surface area contributed by atoms with Gasteiger partial charge < -0.3 is 10.6 Å². The second-order valence-electron chi connectivity index (χ2n) is 7.32. The van der Waals surface area contributed by atoms with Gasteiger partial charge in [0.25, 0.3) is 0 Å². The Labute approximate surface area is 187 Å². The van der Waals surface area contributed by atoms with E-state index in [9.17, 15) is 0 Å². The number of aliphatic imine (C=N–C) groups is 1. The third-order valence-corrected chi connectivity index (χ3v) is 5.25. The number of benzene rings is 2. The van der Waals surface area contributed by atoms with Crippen LogP contribution in [-0.4, -0.2) is 11.2 Å². The van der Waals surface area contributed by atoms with E-state index in [4.69, 9.17) is 4.99 Å². The van der Waals surface area contributed by atoms with Gasteiger partial charge in [0.05, 0.1) is 23.3 Å². The molecule has 0 radical (unpaired) electrons. The molecule has 4 nitrogen and oxygen atoms in total. The van der Waals surface area contributed by atoms with Crippen molar-refractivity contribution >= 4 is 17.4 Å². The van der Waals surface area contributed by atoms with E-state index in [1.807, 2.05) is 91.6 Å². The molecule has 2 N–H and O–H groups in total. The predicted octanol–water partition coefficient (Wildman–Crippen LogP) is 5.44. The van der Waals surface area contributed by atoms with Crippen LogP contribution in [0, 0.1) is 0 Å². The van der Waals surface area contributed by atoms with Crippen LogP contribution in [-0.2, 0) is 0 Å². The average Bonchev–Trinajstić information content (AvgIpc) is 2.88. The van der Waals surface area contributed by atoms with Gasteiger partial charge in [-0.1, -0.05) is 72.8 Å². The van der Waals surface area contributed by atoms with Gasteiger partial charge in [-0.25, -0.2) is 0 Å². The van der Waals surface area contributed by atoms with Crippen molar-refractivity contribution in [1.82, 2.24) is 15.6 Å². The van der Waals surface area contributed by atoms with E-state index in [0.29, 0.717) is 0 Å². The molecule has 4 heteroatoms. The largest absolute Gasteiger partial charge is 0.361 e. The quantitative estimate of drug-likeness (QED) is 0.598. The van der Waals surface area contributed by atoms with E-state index in [1.54, 1.807) is 0 Å². The van der Waals surface area contributed by atoms with E-state index >= 15 is 0 Å². The molecule has 0 unspecified atom stereocenters. The van der Waals surface area contributed by atoms with Crippen LogP contribution in [0.5, 0.6) is 0 Å². The predicted molar refractivity (Wildman–Crippen MR) is 131 cm³/mol. The minimum absolute atomic E-state index is 0.857. The zero-order chi connectivity index (χ0) is 21.6. The number of aromatic nitrogens is 1. The molecule has 2 aliphatic heterocycles. The minimum atomic E-state index is 0.857. The van der Waals surface area contributed by atoms with Crippen molar-refractivity contribution in [3.8, 4) is 0 Å². The molecule has 2 aromatic carbocycles. The first-order valence-corrected chi connectivity index (χ1v) is 10.5. The molecule has 0 bridgehead atoms. The molecule has 0 aliphatic carbocycles. The Morgan fingerprint density at radius 2 is 1.38 bits per heavy atom. The Bertz CT molecular complexity index is 1240. The van der Waals surface area contributed by atoms with Crippen LogP contribution in [0.4, 0.5) is 0 Å². The number of dihydropyridines is 1. The SMILES string of the molecule is C1=CN/C(=C(\C2=CNC(=C(c3ccccc3)c3ccccn3)C=N2)c2ccccc2)C=C1. The highest BCUT2D eigenvalue weighted by Gasteiger charge is 2.18. The highest BCUT2D eigenvalue weighted by atomic mass is 15.0. The summed E-state index contributed by atoms with van der Waals surface area (Å²) in [5.41, 5.74) is 7.89. The summed E-state index contributed by atoms with van der Waals surface area (Å²) in [6, 6.07) is 26.5. The topological polar surface area (TPSA) is 49.3 Å². The Morgan fingerprint density at radius 3 is 1.97 bits per heavy atom. The van der Waals surface area contributed by atoms with E-state index in [2.05, 4.69) is 46.0 Å². The van der Waals surface area contributed by atoms with E-state index in [1.165, 1.54) is 0 Å². The van der Waals surface area contributed by atoms with Gasteiger partial charge in [0.1, 0.15) is 0 Å². The second kappa shape index (κ2) is 9.14. The summed E-state index contributed by atoms with van der Waals surface area (Å²) in [4.78, 5) is 9.46. The van der Waals surface area contributed by atoms with Gasteiger partial charge in [-0.2, -0.15) is 0 Å². The number of allylic oxidation sites excluding steroid dienone is 5. The molecule has 0 atom stereocenters. The average molecular weight is 415 g/mol. The maximum atomic E-state index is 4.87. The number of hydrogen-bond donors (Lipinski definition) is 2. The molecular weight excluding hydrogens is 392 g/mol. The van der Waals surface area contributed by atoms with E-state index < -0.39 is 0 Å². The highest BCUT2D eigenvalue weighted by Crippen LogP contribution is 2.31. The normalized spacial score (nSPS) is 17.8. The standard InChI is InChI=1S/C28H22N4/c1-3-11-21(12-4-1)27(23-15-7-9-17-29-23)25-19-32-26(20-31-25)28(22-13-5-2-6-14-22)24-16-8-10-18-30-24/h1-20,29,32H/b27-23-,28-26?. The maximum absolute atomic E-state index is 4.87. The second-order valence-corrected chi connectivity index (χ2v) is 7.32. The minimum Gasteiger partial charge on any atom is -0.361 e. The molecule has 154 valence electrons. The smallest absolute Gasteiger partial charge is 0.0889 e. The fourth-order valence-corrected chi connectivity index (χ4v) is 3.78. The Balaban J connectivity index is 1.58. The molecule has 3 heterocycles. The molecule has 5 rings (SSSR count). The lowest BCUT2D eigenvalue weighted by molar-refractivity contribution is 1.06. The number of nitrogens with zero attached hydrogens (tertiary/aromatic N) is 2. The Morgan fingerprint density at radius 1 is 0.656 bits per heavy atom. The number of pyridine rings is 1. The molecule has 0 fully saturated rings. The summed E-state index contributed by atoms with van der Waals surface area (Å²) in [7, 11) is 0. The van der Waals surface area contributed by atoms with Crippen LogP contribution in [0.1, 0.15) is 16.8 Å². The van der Waals surface area contributed by atoms with Crippen LogP contribution >= 0.6 is 0 Å². The zero-order valence-corrected chi connectivity index (χ0v) is 17.4. The lowest BCUT2D eigenvalue weighted by Gasteiger charge is -2.20. The van der Waals surface area contributed by atoms with Crippen molar-refractivity contribution in [3.63, 3.8) is 0 Å². The molecule has 3 aromatic rings. The first-order valence-electron chi connectivity index (χ1n) is 10.5. The lowest BCUT2D eigenvalue weighted by atomic mass is 9.97. The number of nitrogens with one attached hydrogen (secondary N) is 2. The fraction of sp³-hybridized carbons (Fsp3) is 0. The summed E-state index contributed by atoms with van der Waals surface area (Å²) in [6.45, 7) is 0. The van der Waals surface area contributed by atoms with Gasteiger partial charge in [-0.3, -0.25) is 9.98 Å². The summed E-state index contributed by atoms with van der Waals surface area (Å²) >= 11 is 0. The molecule has 2 aliphatic rings. The molecule has 32 heavy (non-hydrogen) atoms. The van der Waals surface area contributed by atoms with E-state index in [-0.39, 0.29) is 0 Å². The Hall–Kier alpha value is -4.44. The Kier molecular flexibility index (Phi) is 5.58. The van der Waals surface area contributed by atoms with Crippen LogP contribution in [0.25, 0.3) is 11.1 Å². The molecule has 0 amide bonds. The highest BCUT2D eigenvalue weighted by molar-refractivity contribution is 5.98. The van der Waals surface area contributed by atoms with Crippen LogP contribution in [0.3, 0.4) is 0 Å². The summed E-state index contributed by atoms with van der Waals surface area (Å²) in [6.07, 6.45) is 13.7. The van der Waals surface area contributed by atoms with Crippen molar-refractivity contribution in [3.05, 3.63) is 150 Å². The van der Waals surface area contributed by atoms with Crippen molar-refractivity contribution in [2.24, 2.45) is 4.99 Å². The number of rotatable bonds is 4. The third kappa shape index (κ3) is 4.07. The van der Waals surface area contributed by atoms with Gasteiger partial charge in [-0.05, 0) is 35.4 Å².